The lowest BCUT2D eigenvalue weighted by molar-refractivity contribution is 0.0777. The monoisotopic (exact) mass is 288 g/mol. The van der Waals surface area contributed by atoms with Crippen molar-refractivity contribution in [2.75, 3.05) is 26.2 Å². The average Bonchev–Trinajstić information content (AvgIpc) is 2.87. The molecule has 2 aliphatic heterocycles. The molecule has 0 bridgehead atoms. The van der Waals surface area contributed by atoms with Crippen molar-refractivity contribution in [3.05, 3.63) is 35.4 Å². The number of nitrogens with one attached hydrogen (secondary N) is 1. The molecule has 0 aliphatic carbocycles. The molecule has 1 aromatic rings. The van der Waals surface area contributed by atoms with Gasteiger partial charge in [0.25, 0.3) is 5.91 Å². The number of hydrogen-bond acceptors (Lipinski definition) is 2. The Balaban J connectivity index is 0.00000133. The molecule has 1 N–H and O–H groups in total. The van der Waals surface area contributed by atoms with Crippen molar-refractivity contribution >= 4 is 18.3 Å². The maximum Gasteiger partial charge on any atom is 0.256 e. The Morgan fingerprint density at radius 1 is 1.21 bits per heavy atom. The first-order valence-electron chi connectivity index (χ1n) is 6.10. The van der Waals surface area contributed by atoms with Crippen LogP contribution in [0.1, 0.15) is 10.4 Å². The molecule has 2 aliphatic rings. The number of amides is 1. The number of carbonyl (C=O) groups excluding carboxylic acids is 1. The highest BCUT2D eigenvalue weighted by Crippen LogP contribution is 2.27. The number of likely N-dealkylation sites (tertiary alicyclic amines) is 1. The van der Waals surface area contributed by atoms with Crippen LogP contribution in [0.3, 0.4) is 0 Å². The van der Waals surface area contributed by atoms with Gasteiger partial charge in [0.15, 0.2) is 0 Å². The zero-order valence-electron chi connectivity index (χ0n) is 10.2. The van der Waals surface area contributed by atoms with E-state index in [0.717, 1.165) is 25.2 Å². The van der Waals surface area contributed by atoms with Crippen molar-refractivity contribution in [3.8, 4) is 0 Å². The van der Waals surface area contributed by atoms with E-state index in [2.05, 4.69) is 5.32 Å². The van der Waals surface area contributed by atoms with E-state index in [4.69, 9.17) is 0 Å². The van der Waals surface area contributed by atoms with Gasteiger partial charge in [-0.05, 0) is 24.0 Å². The SMILES string of the molecule is Cl.O=C(c1ccc(F)cc1F)N1C[C@H]2CNC[C@H]2C1. The van der Waals surface area contributed by atoms with Crippen LogP contribution in [0.15, 0.2) is 18.2 Å². The standard InChI is InChI=1S/C13H14F2N2O.ClH/c14-10-1-2-11(12(15)3-10)13(18)17-6-8-4-16-5-9(8)7-17;/h1-3,8-9,16H,4-7H2;1H/t8-,9+;. The van der Waals surface area contributed by atoms with Crippen molar-refractivity contribution in [1.29, 1.82) is 0 Å². The second-order valence-electron chi connectivity index (χ2n) is 5.01. The van der Waals surface area contributed by atoms with Gasteiger partial charge < -0.3 is 10.2 Å². The van der Waals surface area contributed by atoms with Gasteiger partial charge in [-0.1, -0.05) is 0 Å². The van der Waals surface area contributed by atoms with E-state index in [9.17, 15) is 13.6 Å². The number of hydrogen-bond donors (Lipinski definition) is 1. The Kier molecular flexibility index (Phi) is 4.06. The molecule has 0 unspecified atom stereocenters. The molecule has 1 amide bonds. The quantitative estimate of drug-likeness (QED) is 0.853. The molecule has 3 nitrogen and oxygen atoms in total. The van der Waals surface area contributed by atoms with E-state index in [-0.39, 0.29) is 23.9 Å². The minimum atomic E-state index is -0.782. The van der Waals surface area contributed by atoms with Gasteiger partial charge in [-0.25, -0.2) is 8.78 Å². The highest BCUT2D eigenvalue weighted by molar-refractivity contribution is 5.94. The molecule has 19 heavy (non-hydrogen) atoms. The molecule has 0 aromatic heterocycles. The third-order valence-corrected chi connectivity index (χ3v) is 3.84. The van der Waals surface area contributed by atoms with Crippen LogP contribution < -0.4 is 5.32 Å². The summed E-state index contributed by atoms with van der Waals surface area (Å²) in [5, 5.41) is 3.28. The van der Waals surface area contributed by atoms with Crippen molar-refractivity contribution in [2.45, 2.75) is 0 Å². The minimum Gasteiger partial charge on any atom is -0.338 e. The minimum absolute atomic E-state index is 0. The summed E-state index contributed by atoms with van der Waals surface area (Å²) >= 11 is 0. The van der Waals surface area contributed by atoms with E-state index in [1.54, 1.807) is 4.90 Å². The summed E-state index contributed by atoms with van der Waals surface area (Å²) < 4.78 is 26.3. The van der Waals surface area contributed by atoms with Crippen LogP contribution in [0.2, 0.25) is 0 Å². The molecular weight excluding hydrogens is 274 g/mol. The molecule has 6 heteroatoms. The maximum atomic E-state index is 13.5. The Morgan fingerprint density at radius 2 is 1.84 bits per heavy atom. The van der Waals surface area contributed by atoms with E-state index in [1.807, 2.05) is 0 Å². The van der Waals surface area contributed by atoms with Gasteiger partial charge in [0.1, 0.15) is 11.6 Å². The summed E-state index contributed by atoms with van der Waals surface area (Å²) in [4.78, 5) is 13.8. The lowest BCUT2D eigenvalue weighted by atomic mass is 10.0. The number of fused-ring (bicyclic) bond motifs is 1. The highest BCUT2D eigenvalue weighted by Gasteiger charge is 2.38. The van der Waals surface area contributed by atoms with Gasteiger partial charge in [0.05, 0.1) is 5.56 Å². The molecule has 0 saturated carbocycles. The Hall–Kier alpha value is -1.20. The van der Waals surface area contributed by atoms with E-state index in [1.165, 1.54) is 6.07 Å². The number of benzene rings is 1. The molecule has 3 rings (SSSR count). The maximum absolute atomic E-state index is 13.5. The Morgan fingerprint density at radius 3 is 2.42 bits per heavy atom. The van der Waals surface area contributed by atoms with Gasteiger partial charge in [0.2, 0.25) is 0 Å². The predicted octanol–water partition coefficient (Wildman–Crippen LogP) is 1.68. The highest BCUT2D eigenvalue weighted by atomic mass is 35.5. The van der Waals surface area contributed by atoms with Crippen molar-refractivity contribution in [1.82, 2.24) is 10.2 Å². The fourth-order valence-electron chi connectivity index (χ4n) is 2.85. The summed E-state index contributed by atoms with van der Waals surface area (Å²) in [7, 11) is 0. The zero-order valence-corrected chi connectivity index (χ0v) is 11.1. The van der Waals surface area contributed by atoms with Gasteiger partial charge in [-0.15, -0.1) is 12.4 Å². The van der Waals surface area contributed by atoms with Crippen LogP contribution in [0.5, 0.6) is 0 Å². The largest absolute Gasteiger partial charge is 0.338 e. The number of rotatable bonds is 1. The summed E-state index contributed by atoms with van der Waals surface area (Å²) in [5.41, 5.74) is -0.0377. The molecular formula is C13H15ClF2N2O. The molecule has 2 atom stereocenters. The van der Waals surface area contributed by atoms with E-state index < -0.39 is 11.6 Å². The third kappa shape index (κ3) is 2.58. The lowest BCUT2D eigenvalue weighted by Crippen LogP contribution is -2.32. The summed E-state index contributed by atoms with van der Waals surface area (Å²) in [5.74, 6) is -0.835. The number of carbonyl (C=O) groups is 1. The summed E-state index contributed by atoms with van der Waals surface area (Å²) in [6, 6.07) is 3.10. The van der Waals surface area contributed by atoms with Gasteiger partial charge in [0, 0.05) is 32.2 Å². The first-order valence-corrected chi connectivity index (χ1v) is 6.10. The first kappa shape index (κ1) is 14.2. The Labute approximate surface area is 116 Å². The topological polar surface area (TPSA) is 32.3 Å². The van der Waals surface area contributed by atoms with Gasteiger partial charge in [-0.3, -0.25) is 4.79 Å². The fourth-order valence-corrected chi connectivity index (χ4v) is 2.85. The molecule has 2 saturated heterocycles. The fraction of sp³-hybridized carbons (Fsp3) is 0.462. The van der Waals surface area contributed by atoms with Crippen molar-refractivity contribution in [2.24, 2.45) is 11.8 Å². The second kappa shape index (κ2) is 5.43. The first-order chi connectivity index (χ1) is 8.65. The van der Waals surface area contributed by atoms with E-state index >= 15 is 0 Å². The molecule has 2 fully saturated rings. The lowest BCUT2D eigenvalue weighted by Gasteiger charge is -2.17. The van der Waals surface area contributed by atoms with Crippen LogP contribution in [-0.2, 0) is 0 Å². The molecule has 1 aromatic carbocycles. The number of halogens is 3. The van der Waals surface area contributed by atoms with Gasteiger partial charge >= 0.3 is 0 Å². The third-order valence-electron chi connectivity index (χ3n) is 3.84. The zero-order chi connectivity index (χ0) is 12.7. The Bertz CT molecular complexity index is 486. The van der Waals surface area contributed by atoms with Crippen LogP contribution in [-0.4, -0.2) is 37.0 Å². The molecule has 2 heterocycles. The smallest absolute Gasteiger partial charge is 0.256 e. The van der Waals surface area contributed by atoms with Crippen LogP contribution >= 0.6 is 12.4 Å². The van der Waals surface area contributed by atoms with Crippen LogP contribution in [0, 0.1) is 23.5 Å². The molecule has 0 spiro atoms. The normalized spacial score (nSPS) is 25.1. The summed E-state index contributed by atoms with van der Waals surface area (Å²) in [6.45, 7) is 3.15. The number of nitrogens with zero attached hydrogens (tertiary/aromatic N) is 1. The van der Waals surface area contributed by atoms with Crippen molar-refractivity contribution in [3.63, 3.8) is 0 Å². The van der Waals surface area contributed by atoms with Crippen LogP contribution in [0.25, 0.3) is 0 Å². The average molecular weight is 289 g/mol. The molecule has 0 radical (unpaired) electrons. The second-order valence-corrected chi connectivity index (χ2v) is 5.01. The predicted molar refractivity (Wildman–Crippen MR) is 69.4 cm³/mol. The van der Waals surface area contributed by atoms with Crippen molar-refractivity contribution < 1.29 is 13.6 Å². The summed E-state index contributed by atoms with van der Waals surface area (Å²) in [6.07, 6.45) is 0. The van der Waals surface area contributed by atoms with Crippen LogP contribution in [0.4, 0.5) is 8.78 Å². The van der Waals surface area contributed by atoms with Gasteiger partial charge in [-0.2, -0.15) is 0 Å². The molecule has 104 valence electrons. The van der Waals surface area contributed by atoms with E-state index in [0.29, 0.717) is 24.9 Å².